The summed E-state index contributed by atoms with van der Waals surface area (Å²) in [6.07, 6.45) is 6.59. The van der Waals surface area contributed by atoms with E-state index in [0.29, 0.717) is 6.04 Å². The van der Waals surface area contributed by atoms with Gasteiger partial charge in [-0.1, -0.05) is 5.92 Å². The molecule has 0 aromatic heterocycles. The van der Waals surface area contributed by atoms with Gasteiger partial charge in [0.2, 0.25) is 0 Å². The Labute approximate surface area is 97.9 Å². The molecule has 84 valence electrons. The fraction of sp³-hybridized carbons (Fsp3) is 0.429. The first-order valence-electron chi connectivity index (χ1n) is 5.69. The highest BCUT2D eigenvalue weighted by Crippen LogP contribution is 2.20. The molecule has 0 bridgehead atoms. The zero-order chi connectivity index (χ0) is 11.5. The molecular weight excluding hydrogens is 196 g/mol. The van der Waals surface area contributed by atoms with Crippen LogP contribution in [-0.2, 0) is 0 Å². The molecule has 2 nitrogen and oxygen atoms in total. The van der Waals surface area contributed by atoms with Crippen molar-refractivity contribution in [2.75, 3.05) is 32.1 Å². The van der Waals surface area contributed by atoms with Gasteiger partial charge in [-0.2, -0.15) is 0 Å². The number of nitrogens with zero attached hydrogens (tertiary/aromatic N) is 2. The van der Waals surface area contributed by atoms with Gasteiger partial charge in [0.15, 0.2) is 0 Å². The van der Waals surface area contributed by atoms with Crippen LogP contribution in [0.4, 0.5) is 5.69 Å². The molecule has 0 amide bonds. The maximum Gasteiger partial charge on any atom is 0.0425 e. The summed E-state index contributed by atoms with van der Waals surface area (Å²) in [5.74, 6) is 2.64. The van der Waals surface area contributed by atoms with Gasteiger partial charge in [-0.15, -0.1) is 6.42 Å². The van der Waals surface area contributed by atoms with Gasteiger partial charge in [-0.25, -0.2) is 0 Å². The molecule has 1 atom stereocenters. The number of hydrogen-bond acceptors (Lipinski definition) is 2. The van der Waals surface area contributed by atoms with Crippen molar-refractivity contribution in [3.05, 3.63) is 29.8 Å². The van der Waals surface area contributed by atoms with E-state index in [-0.39, 0.29) is 0 Å². The molecule has 1 unspecified atom stereocenters. The van der Waals surface area contributed by atoms with Crippen LogP contribution in [0, 0.1) is 12.3 Å². The Morgan fingerprint density at radius 3 is 2.56 bits per heavy atom. The minimum absolute atomic E-state index is 0.627. The lowest BCUT2D eigenvalue weighted by molar-refractivity contribution is 0.409. The van der Waals surface area contributed by atoms with Crippen LogP contribution in [0.1, 0.15) is 12.0 Å². The van der Waals surface area contributed by atoms with Crippen molar-refractivity contribution in [2.24, 2.45) is 0 Å². The summed E-state index contributed by atoms with van der Waals surface area (Å²) in [6, 6.07) is 8.84. The maximum absolute atomic E-state index is 5.35. The Balaban J connectivity index is 2.09. The zero-order valence-electron chi connectivity index (χ0n) is 9.98. The maximum atomic E-state index is 5.35. The molecule has 1 aliphatic rings. The fourth-order valence-electron chi connectivity index (χ4n) is 2.23. The lowest BCUT2D eigenvalue weighted by Gasteiger charge is -2.26. The van der Waals surface area contributed by atoms with Crippen molar-refractivity contribution in [3.63, 3.8) is 0 Å². The summed E-state index contributed by atoms with van der Waals surface area (Å²) in [5.41, 5.74) is 2.19. The van der Waals surface area contributed by atoms with Gasteiger partial charge in [0.1, 0.15) is 0 Å². The monoisotopic (exact) mass is 214 g/mol. The first-order chi connectivity index (χ1) is 7.70. The van der Waals surface area contributed by atoms with Crippen LogP contribution in [-0.4, -0.2) is 38.1 Å². The molecule has 1 saturated heterocycles. The molecule has 1 aromatic rings. The second-order valence-corrected chi connectivity index (χ2v) is 4.51. The van der Waals surface area contributed by atoms with E-state index in [2.05, 4.69) is 41.9 Å². The highest BCUT2D eigenvalue weighted by Gasteiger charge is 2.23. The van der Waals surface area contributed by atoms with Crippen molar-refractivity contribution >= 4 is 5.69 Å². The second kappa shape index (κ2) is 4.59. The minimum Gasteiger partial charge on any atom is -0.370 e. The third-order valence-electron chi connectivity index (χ3n) is 3.36. The van der Waals surface area contributed by atoms with Crippen LogP contribution in [0.5, 0.6) is 0 Å². The van der Waals surface area contributed by atoms with Crippen molar-refractivity contribution in [1.82, 2.24) is 4.90 Å². The van der Waals surface area contributed by atoms with Gasteiger partial charge in [0.25, 0.3) is 0 Å². The van der Waals surface area contributed by atoms with Gasteiger partial charge in [0.05, 0.1) is 0 Å². The average Bonchev–Trinajstić information content (AvgIpc) is 2.75. The van der Waals surface area contributed by atoms with Crippen molar-refractivity contribution < 1.29 is 0 Å². The summed E-state index contributed by atoms with van der Waals surface area (Å²) in [4.78, 5) is 4.72. The van der Waals surface area contributed by atoms with E-state index < -0.39 is 0 Å². The summed E-state index contributed by atoms with van der Waals surface area (Å²) in [6.45, 7) is 2.34. The number of likely N-dealkylation sites (N-methyl/N-ethyl adjacent to an activating group) is 2. The third kappa shape index (κ3) is 2.20. The topological polar surface area (TPSA) is 6.48 Å². The number of terminal acetylenes is 1. The Morgan fingerprint density at radius 1 is 1.38 bits per heavy atom. The molecule has 1 aromatic carbocycles. The highest BCUT2D eigenvalue weighted by molar-refractivity contribution is 5.50. The molecule has 1 fully saturated rings. The first-order valence-corrected chi connectivity index (χ1v) is 5.69. The third-order valence-corrected chi connectivity index (χ3v) is 3.36. The first kappa shape index (κ1) is 11.0. The molecule has 0 aliphatic carbocycles. The smallest absolute Gasteiger partial charge is 0.0425 e. The molecule has 0 radical (unpaired) electrons. The molecule has 2 rings (SSSR count). The van der Waals surface area contributed by atoms with Crippen molar-refractivity contribution in [1.29, 1.82) is 0 Å². The Kier molecular flexibility index (Phi) is 3.17. The van der Waals surface area contributed by atoms with Crippen LogP contribution in [0.3, 0.4) is 0 Å². The van der Waals surface area contributed by atoms with E-state index in [0.717, 1.165) is 12.1 Å². The Morgan fingerprint density at radius 2 is 2.06 bits per heavy atom. The van der Waals surface area contributed by atoms with Gasteiger partial charge in [-0.05, 0) is 44.3 Å². The Hall–Kier alpha value is -1.46. The lowest BCUT2D eigenvalue weighted by atomic mass is 10.1. The van der Waals surface area contributed by atoms with Crippen LogP contribution in [0.2, 0.25) is 0 Å². The van der Waals surface area contributed by atoms with E-state index >= 15 is 0 Å². The summed E-state index contributed by atoms with van der Waals surface area (Å²) < 4.78 is 0. The standard InChI is InChI=1S/C14H18N2/c1-4-12-5-7-13(8-6-12)16(3)14-9-10-15(2)11-14/h1,5-8,14H,9-11H2,2-3H3. The van der Waals surface area contributed by atoms with Crippen LogP contribution < -0.4 is 4.90 Å². The number of hydrogen-bond donors (Lipinski definition) is 0. The van der Waals surface area contributed by atoms with E-state index in [4.69, 9.17) is 6.42 Å². The summed E-state index contributed by atoms with van der Waals surface area (Å²) >= 11 is 0. The largest absolute Gasteiger partial charge is 0.370 e. The van der Waals surface area contributed by atoms with Gasteiger partial charge in [0, 0.05) is 30.9 Å². The SMILES string of the molecule is C#Cc1ccc(N(C)C2CCN(C)C2)cc1. The molecule has 1 aliphatic heterocycles. The molecule has 0 saturated carbocycles. The molecule has 1 heterocycles. The van der Waals surface area contributed by atoms with Gasteiger partial charge in [-0.3, -0.25) is 0 Å². The molecule has 2 heteroatoms. The number of likely N-dealkylation sites (tertiary alicyclic amines) is 1. The minimum atomic E-state index is 0.627. The van der Waals surface area contributed by atoms with E-state index in [1.807, 2.05) is 12.1 Å². The van der Waals surface area contributed by atoms with Crippen LogP contribution in [0.25, 0.3) is 0 Å². The van der Waals surface area contributed by atoms with E-state index in [1.165, 1.54) is 18.7 Å². The summed E-state index contributed by atoms with van der Waals surface area (Å²) in [5, 5.41) is 0. The van der Waals surface area contributed by atoms with E-state index in [1.54, 1.807) is 0 Å². The highest BCUT2D eigenvalue weighted by atomic mass is 15.2. The van der Waals surface area contributed by atoms with Gasteiger partial charge >= 0.3 is 0 Å². The average molecular weight is 214 g/mol. The van der Waals surface area contributed by atoms with Crippen molar-refractivity contribution in [3.8, 4) is 12.3 Å². The quantitative estimate of drug-likeness (QED) is 0.693. The zero-order valence-corrected chi connectivity index (χ0v) is 9.98. The van der Waals surface area contributed by atoms with Crippen molar-refractivity contribution in [2.45, 2.75) is 12.5 Å². The molecule has 0 N–H and O–H groups in total. The predicted molar refractivity (Wildman–Crippen MR) is 68.7 cm³/mol. The molecule has 16 heavy (non-hydrogen) atoms. The van der Waals surface area contributed by atoms with E-state index in [9.17, 15) is 0 Å². The normalized spacial score (nSPS) is 20.7. The van der Waals surface area contributed by atoms with Gasteiger partial charge < -0.3 is 9.80 Å². The number of benzene rings is 1. The molecule has 0 spiro atoms. The molecular formula is C14H18N2. The summed E-state index contributed by atoms with van der Waals surface area (Å²) in [7, 11) is 4.34. The second-order valence-electron chi connectivity index (χ2n) is 4.51. The predicted octanol–water partition coefficient (Wildman–Crippen LogP) is 1.81. The lowest BCUT2D eigenvalue weighted by Crippen LogP contribution is -2.33. The van der Waals surface area contributed by atoms with Crippen LogP contribution in [0.15, 0.2) is 24.3 Å². The number of rotatable bonds is 2. The Bertz CT molecular complexity index is 388. The van der Waals surface area contributed by atoms with Crippen LogP contribution >= 0.6 is 0 Å². The fourth-order valence-corrected chi connectivity index (χ4v) is 2.23. The number of anilines is 1.